The van der Waals surface area contributed by atoms with Gasteiger partial charge in [0, 0.05) is 16.7 Å². The molecule has 0 unspecified atom stereocenters. The van der Waals surface area contributed by atoms with Crippen LogP contribution in [0.5, 0.6) is 11.5 Å². The smallest absolute Gasteiger partial charge is 0.269 e. The van der Waals surface area contributed by atoms with E-state index in [1.807, 2.05) is 44.2 Å². The minimum atomic E-state index is -0.476. The van der Waals surface area contributed by atoms with Crippen LogP contribution in [-0.4, -0.2) is 45.2 Å². The first-order valence-electron chi connectivity index (χ1n) is 11.5. The van der Waals surface area contributed by atoms with Crippen LogP contribution in [0.25, 0.3) is 11.4 Å². The maximum Gasteiger partial charge on any atom is 0.269 e. The van der Waals surface area contributed by atoms with Gasteiger partial charge in [0.05, 0.1) is 19.8 Å². The zero-order valence-electron chi connectivity index (χ0n) is 20.0. The highest BCUT2D eigenvalue weighted by molar-refractivity contribution is 5.99. The first-order valence-corrected chi connectivity index (χ1v) is 11.5. The molecular formula is C26H26N6O4. The molecule has 10 nitrogen and oxygen atoms in total. The second-order valence-electron chi connectivity index (χ2n) is 7.64. The summed E-state index contributed by atoms with van der Waals surface area (Å²) in [5.74, 6) is 0.638. The Balaban J connectivity index is 1.33. The van der Waals surface area contributed by atoms with E-state index < -0.39 is 11.8 Å². The van der Waals surface area contributed by atoms with Crippen LogP contribution in [0.4, 0.5) is 0 Å². The number of hydrazine groups is 1. The van der Waals surface area contributed by atoms with Gasteiger partial charge >= 0.3 is 0 Å². The zero-order chi connectivity index (χ0) is 25.3. The summed E-state index contributed by atoms with van der Waals surface area (Å²) in [4.78, 5) is 26.5. The van der Waals surface area contributed by atoms with E-state index in [0.717, 1.165) is 11.1 Å². The highest BCUT2D eigenvalue weighted by Gasteiger charge is 2.13. The predicted octanol–water partition coefficient (Wildman–Crippen LogP) is 3.26. The van der Waals surface area contributed by atoms with Crippen molar-refractivity contribution in [1.82, 2.24) is 31.1 Å². The monoisotopic (exact) mass is 486 g/mol. The SMILES string of the molecule is CCOc1ccc(C(=O)NNC(=O)c2ccc(Cn3nnc(-c4ccccc4)n3)cc2)cc1OCC. The summed E-state index contributed by atoms with van der Waals surface area (Å²) in [5.41, 5.74) is 7.35. The molecule has 0 atom stereocenters. The summed E-state index contributed by atoms with van der Waals surface area (Å²) < 4.78 is 11.1. The molecule has 1 heterocycles. The van der Waals surface area contributed by atoms with E-state index in [0.29, 0.717) is 48.2 Å². The number of amides is 2. The molecule has 184 valence electrons. The number of hydrogen-bond donors (Lipinski definition) is 2. The molecule has 0 spiro atoms. The molecule has 36 heavy (non-hydrogen) atoms. The second-order valence-corrected chi connectivity index (χ2v) is 7.64. The minimum Gasteiger partial charge on any atom is -0.490 e. The lowest BCUT2D eigenvalue weighted by Crippen LogP contribution is -2.41. The van der Waals surface area contributed by atoms with E-state index in [-0.39, 0.29) is 0 Å². The number of nitrogens with zero attached hydrogens (tertiary/aromatic N) is 4. The number of benzene rings is 3. The third kappa shape index (κ3) is 6.03. The van der Waals surface area contributed by atoms with Gasteiger partial charge in [-0.25, -0.2) is 0 Å². The van der Waals surface area contributed by atoms with Crippen LogP contribution in [0.1, 0.15) is 40.1 Å². The van der Waals surface area contributed by atoms with Gasteiger partial charge in [0.2, 0.25) is 5.82 Å². The average Bonchev–Trinajstić information content (AvgIpc) is 3.38. The largest absolute Gasteiger partial charge is 0.490 e. The van der Waals surface area contributed by atoms with Gasteiger partial charge < -0.3 is 9.47 Å². The molecule has 0 saturated carbocycles. The molecule has 1 aromatic heterocycles. The Bertz CT molecular complexity index is 1320. The van der Waals surface area contributed by atoms with E-state index in [1.165, 1.54) is 4.80 Å². The normalized spacial score (nSPS) is 10.5. The molecule has 4 rings (SSSR count). The zero-order valence-corrected chi connectivity index (χ0v) is 20.0. The Kier molecular flexibility index (Phi) is 7.87. The van der Waals surface area contributed by atoms with Gasteiger partial charge in [-0.15, -0.1) is 10.2 Å². The van der Waals surface area contributed by atoms with Gasteiger partial charge in [-0.2, -0.15) is 4.80 Å². The third-order valence-corrected chi connectivity index (χ3v) is 5.12. The maximum absolute atomic E-state index is 12.5. The molecule has 0 saturated heterocycles. The van der Waals surface area contributed by atoms with Crippen LogP contribution in [0.15, 0.2) is 72.8 Å². The van der Waals surface area contributed by atoms with Gasteiger partial charge in [-0.3, -0.25) is 20.4 Å². The molecule has 0 radical (unpaired) electrons. The molecule has 2 N–H and O–H groups in total. The molecule has 10 heteroatoms. The van der Waals surface area contributed by atoms with Crippen molar-refractivity contribution in [3.8, 4) is 22.9 Å². The van der Waals surface area contributed by atoms with Crippen LogP contribution < -0.4 is 20.3 Å². The number of hydrogen-bond acceptors (Lipinski definition) is 7. The van der Waals surface area contributed by atoms with Crippen molar-refractivity contribution in [1.29, 1.82) is 0 Å². The summed E-state index contributed by atoms with van der Waals surface area (Å²) in [5, 5.41) is 12.6. The lowest BCUT2D eigenvalue weighted by Gasteiger charge is -2.13. The number of rotatable bonds is 9. The number of carbonyl (C=O) groups is 2. The second kappa shape index (κ2) is 11.6. The summed E-state index contributed by atoms with van der Waals surface area (Å²) in [6.45, 7) is 5.02. The molecule has 0 aliphatic rings. The molecule has 0 fully saturated rings. The molecule has 0 aliphatic heterocycles. The fourth-order valence-electron chi connectivity index (χ4n) is 3.39. The average molecular weight is 487 g/mol. The number of nitrogens with one attached hydrogen (secondary N) is 2. The van der Waals surface area contributed by atoms with E-state index >= 15 is 0 Å². The third-order valence-electron chi connectivity index (χ3n) is 5.12. The van der Waals surface area contributed by atoms with Gasteiger partial charge in [-0.1, -0.05) is 42.5 Å². The highest BCUT2D eigenvalue weighted by atomic mass is 16.5. The van der Waals surface area contributed by atoms with Gasteiger partial charge in [0.1, 0.15) is 0 Å². The van der Waals surface area contributed by atoms with Crippen molar-refractivity contribution in [2.75, 3.05) is 13.2 Å². The van der Waals surface area contributed by atoms with Crippen LogP contribution in [0.3, 0.4) is 0 Å². The standard InChI is InChI=1S/C26H26N6O4/c1-3-35-22-15-14-21(16-23(22)36-4-2)26(34)29-28-25(33)20-12-10-18(11-13-20)17-32-30-24(27-31-32)19-8-6-5-7-9-19/h5-16H,3-4,17H2,1-2H3,(H,28,33)(H,29,34). The van der Waals surface area contributed by atoms with Gasteiger partial charge in [0.25, 0.3) is 11.8 Å². The van der Waals surface area contributed by atoms with Crippen LogP contribution in [0.2, 0.25) is 0 Å². The van der Waals surface area contributed by atoms with E-state index in [9.17, 15) is 9.59 Å². The van der Waals surface area contributed by atoms with E-state index in [2.05, 4.69) is 26.3 Å². The lowest BCUT2D eigenvalue weighted by atomic mass is 10.1. The molecule has 0 bridgehead atoms. The fraction of sp³-hybridized carbons (Fsp3) is 0.192. The lowest BCUT2D eigenvalue weighted by molar-refractivity contribution is 0.0846. The summed E-state index contributed by atoms with van der Waals surface area (Å²) in [6.07, 6.45) is 0. The molecule has 4 aromatic rings. The van der Waals surface area contributed by atoms with Crippen molar-refractivity contribution in [3.05, 3.63) is 89.5 Å². The Morgan fingerprint density at radius 2 is 1.44 bits per heavy atom. The minimum absolute atomic E-state index is 0.327. The Labute approximate surface area is 208 Å². The summed E-state index contributed by atoms with van der Waals surface area (Å²) in [7, 11) is 0. The van der Waals surface area contributed by atoms with Crippen LogP contribution >= 0.6 is 0 Å². The predicted molar refractivity (Wildman–Crippen MR) is 133 cm³/mol. The summed E-state index contributed by atoms with van der Waals surface area (Å²) in [6, 6.07) is 21.3. The van der Waals surface area contributed by atoms with E-state index in [1.54, 1.807) is 42.5 Å². The van der Waals surface area contributed by atoms with Crippen molar-refractivity contribution in [2.45, 2.75) is 20.4 Å². The topological polar surface area (TPSA) is 120 Å². The number of tetrazole rings is 1. The highest BCUT2D eigenvalue weighted by Crippen LogP contribution is 2.28. The first kappa shape index (κ1) is 24.4. The number of aromatic nitrogens is 4. The number of carbonyl (C=O) groups excluding carboxylic acids is 2. The van der Waals surface area contributed by atoms with E-state index in [4.69, 9.17) is 9.47 Å². The maximum atomic E-state index is 12.5. The first-order chi connectivity index (χ1) is 17.6. The quantitative estimate of drug-likeness (QED) is 0.349. The summed E-state index contributed by atoms with van der Waals surface area (Å²) >= 11 is 0. The number of ether oxygens (including phenoxy) is 2. The molecule has 3 aromatic carbocycles. The van der Waals surface area contributed by atoms with Crippen molar-refractivity contribution >= 4 is 11.8 Å². The Hall–Kier alpha value is -4.73. The van der Waals surface area contributed by atoms with Crippen molar-refractivity contribution < 1.29 is 19.1 Å². The van der Waals surface area contributed by atoms with Crippen LogP contribution in [0, 0.1) is 0 Å². The fourth-order valence-corrected chi connectivity index (χ4v) is 3.39. The molecule has 0 aliphatic carbocycles. The Morgan fingerprint density at radius 3 is 2.14 bits per heavy atom. The molecule has 2 amide bonds. The van der Waals surface area contributed by atoms with Crippen LogP contribution in [-0.2, 0) is 6.54 Å². The van der Waals surface area contributed by atoms with Gasteiger partial charge in [0.15, 0.2) is 11.5 Å². The van der Waals surface area contributed by atoms with Crippen molar-refractivity contribution in [2.24, 2.45) is 0 Å². The van der Waals surface area contributed by atoms with Gasteiger partial charge in [-0.05, 0) is 55.0 Å². The van der Waals surface area contributed by atoms with Crippen molar-refractivity contribution in [3.63, 3.8) is 0 Å². The Morgan fingerprint density at radius 1 is 0.806 bits per heavy atom. The molecular weight excluding hydrogens is 460 g/mol.